The first-order valence-electron chi connectivity index (χ1n) is 6.16. The van der Waals surface area contributed by atoms with Gasteiger partial charge in [-0.3, -0.25) is 0 Å². The fraction of sp³-hybridized carbons (Fsp3) is 0. The summed E-state index contributed by atoms with van der Waals surface area (Å²) >= 11 is 2.19. The summed E-state index contributed by atoms with van der Waals surface area (Å²) in [7, 11) is 0. The van der Waals surface area contributed by atoms with Crippen LogP contribution in [0.1, 0.15) is 11.1 Å². The zero-order valence-corrected chi connectivity index (χ0v) is 12.9. The second-order valence-corrected chi connectivity index (χ2v) is 5.65. The molecular weight excluding hydrogens is 384 g/mol. The van der Waals surface area contributed by atoms with Gasteiger partial charge in [0.1, 0.15) is 5.82 Å². The van der Waals surface area contributed by atoms with Crippen molar-refractivity contribution in [3.05, 3.63) is 74.7 Å². The molecule has 2 aromatic carbocycles. The highest BCUT2D eigenvalue weighted by atomic mass is 127. The van der Waals surface area contributed by atoms with E-state index >= 15 is 0 Å². The number of ether oxygens (including phenoxy) is 1. The molecule has 0 saturated heterocycles. The van der Waals surface area contributed by atoms with Crippen molar-refractivity contribution in [3.63, 3.8) is 0 Å². The smallest absolute Gasteiger partial charge is 0.363 e. The van der Waals surface area contributed by atoms with Crippen LogP contribution in [0.3, 0.4) is 0 Å². The third kappa shape index (κ3) is 3.18. The first-order chi connectivity index (χ1) is 10.1. The molecule has 0 aromatic heterocycles. The molecule has 21 heavy (non-hydrogen) atoms. The van der Waals surface area contributed by atoms with Crippen LogP contribution in [0.15, 0.2) is 59.2 Å². The lowest BCUT2D eigenvalue weighted by molar-refractivity contribution is -0.129. The van der Waals surface area contributed by atoms with Gasteiger partial charge in [-0.1, -0.05) is 18.2 Å². The Balaban J connectivity index is 1.95. The van der Waals surface area contributed by atoms with E-state index < -0.39 is 11.8 Å². The molecular formula is C16H9FINO2. The van der Waals surface area contributed by atoms with Crippen molar-refractivity contribution < 1.29 is 13.9 Å². The number of rotatable bonds is 2. The quantitative estimate of drug-likeness (QED) is 0.443. The van der Waals surface area contributed by atoms with Gasteiger partial charge in [-0.25, -0.2) is 14.2 Å². The number of benzene rings is 2. The van der Waals surface area contributed by atoms with Crippen molar-refractivity contribution in [2.24, 2.45) is 4.99 Å². The fourth-order valence-electron chi connectivity index (χ4n) is 1.91. The molecule has 3 rings (SSSR count). The van der Waals surface area contributed by atoms with Crippen LogP contribution < -0.4 is 0 Å². The molecule has 0 saturated carbocycles. The van der Waals surface area contributed by atoms with E-state index in [1.54, 1.807) is 18.2 Å². The average molecular weight is 393 g/mol. The van der Waals surface area contributed by atoms with Gasteiger partial charge < -0.3 is 4.74 Å². The summed E-state index contributed by atoms with van der Waals surface area (Å²) in [6.45, 7) is 0. The molecule has 0 aliphatic carbocycles. The van der Waals surface area contributed by atoms with Crippen LogP contribution in [0.4, 0.5) is 4.39 Å². The number of carbonyl (C=O) groups excluding carboxylic acids is 1. The Hall–Kier alpha value is -2.02. The van der Waals surface area contributed by atoms with Crippen LogP contribution in [-0.2, 0) is 9.53 Å². The van der Waals surface area contributed by atoms with Crippen molar-refractivity contribution in [3.8, 4) is 0 Å². The van der Waals surface area contributed by atoms with Crippen LogP contribution in [0.2, 0.25) is 0 Å². The molecule has 0 N–H and O–H groups in total. The van der Waals surface area contributed by atoms with E-state index in [0.717, 1.165) is 9.13 Å². The number of hydrogen-bond acceptors (Lipinski definition) is 3. The first-order valence-corrected chi connectivity index (χ1v) is 7.24. The third-order valence-corrected chi connectivity index (χ3v) is 3.52. The molecule has 0 amide bonds. The predicted molar refractivity (Wildman–Crippen MR) is 86.2 cm³/mol. The highest BCUT2D eigenvalue weighted by molar-refractivity contribution is 14.1. The zero-order valence-electron chi connectivity index (χ0n) is 10.7. The summed E-state index contributed by atoms with van der Waals surface area (Å²) in [5.41, 5.74) is 1.50. The number of aliphatic imine (C=N–C) groups is 1. The van der Waals surface area contributed by atoms with Crippen LogP contribution in [0, 0.1) is 9.39 Å². The second kappa shape index (κ2) is 5.77. The fourth-order valence-corrected chi connectivity index (χ4v) is 2.48. The van der Waals surface area contributed by atoms with Crippen molar-refractivity contribution in [2.45, 2.75) is 0 Å². The van der Waals surface area contributed by atoms with E-state index in [1.807, 2.05) is 24.3 Å². The van der Waals surface area contributed by atoms with Crippen molar-refractivity contribution >= 4 is 40.5 Å². The third-order valence-electron chi connectivity index (χ3n) is 2.84. The predicted octanol–water partition coefficient (Wildman–Crippen LogP) is 3.77. The largest absolute Gasteiger partial charge is 0.402 e. The maximum absolute atomic E-state index is 13.2. The molecule has 0 radical (unpaired) electrons. The van der Waals surface area contributed by atoms with E-state index in [0.29, 0.717) is 5.56 Å². The molecule has 2 aromatic rings. The standard InChI is InChI=1S/C16H9FINO2/c17-12-5-2-4-11(9-12)15-19-14(16(20)21-15)8-10-3-1-6-13(18)7-10/h1-9H/b14-8-. The Morgan fingerprint density at radius 1 is 1.14 bits per heavy atom. The van der Waals surface area contributed by atoms with Gasteiger partial charge in [0.05, 0.1) is 0 Å². The maximum atomic E-state index is 13.2. The summed E-state index contributed by atoms with van der Waals surface area (Å²) in [4.78, 5) is 16.0. The minimum Gasteiger partial charge on any atom is -0.402 e. The van der Waals surface area contributed by atoms with Crippen LogP contribution in [0.25, 0.3) is 6.08 Å². The first kappa shape index (κ1) is 13.9. The Labute approximate surface area is 134 Å². The Morgan fingerprint density at radius 3 is 2.71 bits per heavy atom. The summed E-state index contributed by atoms with van der Waals surface area (Å²) in [5, 5.41) is 0. The van der Waals surface area contributed by atoms with Gasteiger partial charge in [0.25, 0.3) is 0 Å². The van der Waals surface area contributed by atoms with Gasteiger partial charge in [0.15, 0.2) is 5.70 Å². The lowest BCUT2D eigenvalue weighted by atomic mass is 10.2. The maximum Gasteiger partial charge on any atom is 0.363 e. The number of halogens is 2. The summed E-state index contributed by atoms with van der Waals surface area (Å²) in [6.07, 6.45) is 1.65. The minimum absolute atomic E-state index is 0.122. The Kier molecular flexibility index (Phi) is 3.83. The molecule has 104 valence electrons. The lowest BCUT2D eigenvalue weighted by Crippen LogP contribution is -2.05. The molecule has 5 heteroatoms. The Bertz CT molecular complexity index is 783. The summed E-state index contributed by atoms with van der Waals surface area (Å²) in [6, 6.07) is 13.4. The lowest BCUT2D eigenvalue weighted by Gasteiger charge is -1.98. The normalized spacial score (nSPS) is 16.0. The van der Waals surface area contributed by atoms with Crippen LogP contribution in [-0.4, -0.2) is 11.9 Å². The van der Waals surface area contributed by atoms with E-state index in [1.165, 1.54) is 12.1 Å². The van der Waals surface area contributed by atoms with E-state index in [2.05, 4.69) is 27.6 Å². The molecule has 1 aliphatic rings. The number of cyclic esters (lactones) is 1. The molecule has 1 aliphatic heterocycles. The number of carbonyl (C=O) groups is 1. The molecule has 0 spiro atoms. The van der Waals surface area contributed by atoms with Gasteiger partial charge in [0, 0.05) is 9.13 Å². The number of hydrogen-bond donors (Lipinski definition) is 0. The number of nitrogens with zero attached hydrogens (tertiary/aromatic N) is 1. The van der Waals surface area contributed by atoms with E-state index in [9.17, 15) is 9.18 Å². The molecule has 0 bridgehead atoms. The SMILES string of the molecule is O=C1OC(c2cccc(F)c2)=N/C1=C\c1cccc(I)c1. The average Bonchev–Trinajstić information content (AvgIpc) is 2.80. The molecule has 0 atom stereocenters. The minimum atomic E-state index is -0.534. The highest BCUT2D eigenvalue weighted by Gasteiger charge is 2.24. The summed E-state index contributed by atoms with van der Waals surface area (Å²) < 4.78 is 19.3. The van der Waals surface area contributed by atoms with Gasteiger partial charge in [-0.2, -0.15) is 0 Å². The zero-order chi connectivity index (χ0) is 14.8. The van der Waals surface area contributed by atoms with Crippen molar-refractivity contribution in [1.82, 2.24) is 0 Å². The Morgan fingerprint density at radius 2 is 1.95 bits per heavy atom. The molecule has 1 heterocycles. The molecule has 0 unspecified atom stereocenters. The molecule has 3 nitrogen and oxygen atoms in total. The van der Waals surface area contributed by atoms with Gasteiger partial charge in [-0.15, -0.1) is 0 Å². The van der Waals surface area contributed by atoms with Crippen molar-refractivity contribution in [2.75, 3.05) is 0 Å². The molecule has 0 fully saturated rings. The highest BCUT2D eigenvalue weighted by Crippen LogP contribution is 2.20. The van der Waals surface area contributed by atoms with Gasteiger partial charge >= 0.3 is 5.97 Å². The second-order valence-electron chi connectivity index (χ2n) is 4.40. The van der Waals surface area contributed by atoms with Crippen LogP contribution >= 0.6 is 22.6 Å². The van der Waals surface area contributed by atoms with Crippen molar-refractivity contribution in [1.29, 1.82) is 0 Å². The topological polar surface area (TPSA) is 38.7 Å². The van der Waals surface area contributed by atoms with E-state index in [4.69, 9.17) is 4.74 Å². The monoisotopic (exact) mass is 393 g/mol. The van der Waals surface area contributed by atoms with Crippen LogP contribution in [0.5, 0.6) is 0 Å². The van der Waals surface area contributed by atoms with Gasteiger partial charge in [0.2, 0.25) is 5.90 Å². The van der Waals surface area contributed by atoms with Gasteiger partial charge in [-0.05, 0) is 64.6 Å². The van der Waals surface area contributed by atoms with E-state index in [-0.39, 0.29) is 11.6 Å². The summed E-state index contributed by atoms with van der Waals surface area (Å²) in [5.74, 6) is -0.814. The number of esters is 1.